The highest BCUT2D eigenvalue weighted by Gasteiger charge is 2.33. The lowest BCUT2D eigenvalue weighted by Crippen LogP contribution is -2.19. The monoisotopic (exact) mass is 463 g/mol. The maximum atomic E-state index is 13.5. The van der Waals surface area contributed by atoms with Crippen molar-refractivity contribution in [2.45, 2.75) is 18.5 Å². The molecule has 0 radical (unpaired) electrons. The number of rotatable bonds is 5. The number of alkyl halides is 3. The number of nitrogens with zero attached hydrogens (tertiary/aromatic N) is 5. The van der Waals surface area contributed by atoms with Gasteiger partial charge in [0, 0.05) is 31.8 Å². The van der Waals surface area contributed by atoms with E-state index in [-0.39, 0.29) is 11.4 Å². The number of aromatic nitrogens is 5. The van der Waals surface area contributed by atoms with Crippen molar-refractivity contribution in [2.75, 3.05) is 0 Å². The van der Waals surface area contributed by atoms with Crippen molar-refractivity contribution < 1.29 is 13.2 Å². The molecule has 0 saturated heterocycles. The number of imidazole rings is 1. The van der Waals surface area contributed by atoms with Crippen LogP contribution in [0.15, 0.2) is 90.2 Å². The van der Waals surface area contributed by atoms with Crippen molar-refractivity contribution in [2.24, 2.45) is 7.05 Å². The molecule has 5 aromatic rings. The van der Waals surface area contributed by atoms with Crippen LogP contribution in [-0.4, -0.2) is 23.7 Å². The van der Waals surface area contributed by atoms with Crippen molar-refractivity contribution in [1.29, 1.82) is 0 Å². The summed E-state index contributed by atoms with van der Waals surface area (Å²) < 4.78 is 44.6. The summed E-state index contributed by atoms with van der Waals surface area (Å²) in [6, 6.07) is 19.4. The SMILES string of the molecule is Cn1cnnc1CC(c1ccccc1)c1cccc(-n2cc3c(C(F)(F)F)cccn3c2=O)c1. The molecule has 0 spiro atoms. The summed E-state index contributed by atoms with van der Waals surface area (Å²) in [4.78, 5) is 13.0. The zero-order valence-corrected chi connectivity index (χ0v) is 18.1. The molecule has 9 heteroatoms. The maximum Gasteiger partial charge on any atom is 0.418 e. The average molecular weight is 463 g/mol. The number of pyridine rings is 1. The van der Waals surface area contributed by atoms with E-state index in [2.05, 4.69) is 10.2 Å². The van der Waals surface area contributed by atoms with Crippen molar-refractivity contribution in [1.82, 2.24) is 23.7 Å². The third-order valence-corrected chi connectivity index (χ3v) is 5.95. The van der Waals surface area contributed by atoms with Crippen molar-refractivity contribution in [3.05, 3.63) is 118 Å². The molecule has 2 aromatic carbocycles. The van der Waals surface area contributed by atoms with Gasteiger partial charge in [0.25, 0.3) is 0 Å². The van der Waals surface area contributed by atoms with Crippen LogP contribution in [0.4, 0.5) is 13.2 Å². The first-order valence-electron chi connectivity index (χ1n) is 10.6. The van der Waals surface area contributed by atoms with Crippen LogP contribution in [0, 0.1) is 0 Å². The van der Waals surface area contributed by atoms with Crippen LogP contribution < -0.4 is 5.69 Å². The van der Waals surface area contributed by atoms with Gasteiger partial charge in [0.2, 0.25) is 0 Å². The molecule has 3 heterocycles. The van der Waals surface area contributed by atoms with E-state index in [1.807, 2.05) is 54.1 Å². The molecule has 0 aliphatic rings. The van der Waals surface area contributed by atoms with E-state index in [9.17, 15) is 18.0 Å². The van der Waals surface area contributed by atoms with Gasteiger partial charge in [-0.05, 0) is 35.4 Å². The zero-order chi connectivity index (χ0) is 23.9. The molecule has 6 nitrogen and oxygen atoms in total. The molecule has 0 fully saturated rings. The second kappa shape index (κ2) is 8.33. The molecule has 0 N–H and O–H groups in total. The molecule has 1 atom stereocenters. The van der Waals surface area contributed by atoms with Crippen LogP contribution in [0.25, 0.3) is 11.2 Å². The Labute approximate surface area is 192 Å². The number of benzene rings is 2. The van der Waals surface area contributed by atoms with Gasteiger partial charge in [0.1, 0.15) is 12.2 Å². The number of hydrogen-bond donors (Lipinski definition) is 0. The van der Waals surface area contributed by atoms with Crippen LogP contribution in [-0.2, 0) is 19.6 Å². The van der Waals surface area contributed by atoms with E-state index in [4.69, 9.17) is 0 Å². The highest BCUT2D eigenvalue weighted by atomic mass is 19.4. The van der Waals surface area contributed by atoms with Gasteiger partial charge < -0.3 is 4.57 Å². The summed E-state index contributed by atoms with van der Waals surface area (Å²) in [6.07, 6.45) is 0.216. The molecule has 0 aliphatic carbocycles. The normalized spacial score (nSPS) is 12.8. The predicted octanol–water partition coefficient (Wildman–Crippen LogP) is 4.61. The minimum absolute atomic E-state index is 0.0949. The van der Waals surface area contributed by atoms with Crippen molar-refractivity contribution >= 4 is 5.52 Å². The Morgan fingerprint density at radius 1 is 0.971 bits per heavy atom. The highest BCUT2D eigenvalue weighted by molar-refractivity contribution is 5.57. The third-order valence-electron chi connectivity index (χ3n) is 5.95. The Kier molecular flexibility index (Phi) is 5.31. The standard InChI is InChI=1S/C25H20F3N5O/c1-31-16-29-30-23(31)14-20(17-7-3-2-4-8-17)18-9-5-10-19(13-18)33-15-22-21(25(26,27)28)11-6-12-32(22)24(33)34/h2-13,15-16,20H,14H2,1H3. The van der Waals surface area contributed by atoms with E-state index < -0.39 is 17.4 Å². The van der Waals surface area contributed by atoms with E-state index in [1.54, 1.807) is 18.5 Å². The summed E-state index contributed by atoms with van der Waals surface area (Å²) in [5, 5.41) is 8.17. The van der Waals surface area contributed by atoms with Gasteiger partial charge in [-0.25, -0.2) is 4.79 Å². The molecule has 0 amide bonds. The van der Waals surface area contributed by atoms with E-state index in [0.29, 0.717) is 12.1 Å². The average Bonchev–Trinajstić information content (AvgIpc) is 3.40. The first-order valence-corrected chi connectivity index (χ1v) is 10.6. The highest BCUT2D eigenvalue weighted by Crippen LogP contribution is 2.33. The van der Waals surface area contributed by atoms with Crippen LogP contribution >= 0.6 is 0 Å². The fourth-order valence-corrected chi connectivity index (χ4v) is 4.22. The quantitative estimate of drug-likeness (QED) is 0.383. The van der Waals surface area contributed by atoms with Gasteiger partial charge in [-0.3, -0.25) is 8.97 Å². The topological polar surface area (TPSA) is 57.1 Å². The van der Waals surface area contributed by atoms with Gasteiger partial charge in [-0.1, -0.05) is 42.5 Å². The third kappa shape index (κ3) is 3.89. The first kappa shape index (κ1) is 21.7. The van der Waals surface area contributed by atoms with Crippen molar-refractivity contribution in [3.8, 4) is 5.69 Å². The summed E-state index contributed by atoms with van der Waals surface area (Å²) >= 11 is 0. The van der Waals surface area contributed by atoms with Gasteiger partial charge in [0.15, 0.2) is 0 Å². The number of hydrogen-bond acceptors (Lipinski definition) is 3. The minimum Gasteiger partial charge on any atom is -0.321 e. The van der Waals surface area contributed by atoms with Gasteiger partial charge in [-0.2, -0.15) is 13.2 Å². The smallest absolute Gasteiger partial charge is 0.321 e. The molecular formula is C25H20F3N5O. The number of fused-ring (bicyclic) bond motifs is 1. The molecule has 1 unspecified atom stereocenters. The molecule has 0 aliphatic heterocycles. The van der Waals surface area contributed by atoms with E-state index in [1.165, 1.54) is 23.0 Å². The maximum absolute atomic E-state index is 13.5. The lowest BCUT2D eigenvalue weighted by atomic mass is 9.88. The van der Waals surface area contributed by atoms with E-state index in [0.717, 1.165) is 27.4 Å². The van der Waals surface area contributed by atoms with Crippen molar-refractivity contribution in [3.63, 3.8) is 0 Å². The molecular weight excluding hydrogens is 443 g/mol. The summed E-state index contributed by atoms with van der Waals surface area (Å²) in [7, 11) is 1.87. The largest absolute Gasteiger partial charge is 0.418 e. The Hall–Kier alpha value is -4.14. The van der Waals surface area contributed by atoms with Crippen LogP contribution in [0.5, 0.6) is 0 Å². The molecule has 0 saturated carbocycles. The molecule has 5 rings (SSSR count). The fourth-order valence-electron chi connectivity index (χ4n) is 4.22. The molecule has 34 heavy (non-hydrogen) atoms. The Bertz CT molecular complexity index is 1520. The summed E-state index contributed by atoms with van der Waals surface area (Å²) in [5.74, 6) is 0.698. The van der Waals surface area contributed by atoms with Gasteiger partial charge >= 0.3 is 11.9 Å². The summed E-state index contributed by atoms with van der Waals surface area (Å²) in [6.45, 7) is 0. The van der Waals surface area contributed by atoms with E-state index >= 15 is 0 Å². The molecule has 0 bridgehead atoms. The van der Waals surface area contributed by atoms with Gasteiger partial charge in [-0.15, -0.1) is 10.2 Å². The molecule has 3 aromatic heterocycles. The van der Waals surface area contributed by atoms with Crippen LogP contribution in [0.3, 0.4) is 0 Å². The predicted molar refractivity (Wildman–Crippen MR) is 121 cm³/mol. The lowest BCUT2D eigenvalue weighted by Gasteiger charge is -2.18. The lowest BCUT2D eigenvalue weighted by molar-refractivity contribution is -0.136. The Balaban J connectivity index is 1.63. The Morgan fingerprint density at radius 3 is 2.44 bits per heavy atom. The number of aryl methyl sites for hydroxylation is 1. The second-order valence-electron chi connectivity index (χ2n) is 8.08. The summed E-state index contributed by atoms with van der Waals surface area (Å²) in [5.41, 5.74) is 0.831. The van der Waals surface area contributed by atoms with Crippen LogP contribution in [0.1, 0.15) is 28.4 Å². The zero-order valence-electron chi connectivity index (χ0n) is 18.1. The van der Waals surface area contributed by atoms with Gasteiger partial charge in [0.05, 0.1) is 16.8 Å². The number of halogens is 3. The molecule has 172 valence electrons. The minimum atomic E-state index is -4.57. The fraction of sp³-hybridized carbons (Fsp3) is 0.160. The first-order chi connectivity index (χ1) is 16.3. The van der Waals surface area contributed by atoms with Crippen LogP contribution in [0.2, 0.25) is 0 Å². The second-order valence-corrected chi connectivity index (χ2v) is 8.08. The Morgan fingerprint density at radius 2 is 1.74 bits per heavy atom.